The van der Waals surface area contributed by atoms with E-state index in [0.717, 1.165) is 17.1 Å². The van der Waals surface area contributed by atoms with Crippen molar-refractivity contribution in [3.63, 3.8) is 0 Å². The summed E-state index contributed by atoms with van der Waals surface area (Å²) in [4.78, 5) is 27.3. The molecule has 3 rings (SSSR count). The molecule has 0 saturated carbocycles. The van der Waals surface area contributed by atoms with Gasteiger partial charge in [-0.05, 0) is 36.2 Å². The molecule has 24 heavy (non-hydrogen) atoms. The van der Waals surface area contributed by atoms with E-state index in [-0.39, 0.29) is 24.3 Å². The van der Waals surface area contributed by atoms with Crippen molar-refractivity contribution in [2.24, 2.45) is 0 Å². The van der Waals surface area contributed by atoms with Gasteiger partial charge in [0.2, 0.25) is 12.7 Å². The molecule has 0 atom stereocenters. The van der Waals surface area contributed by atoms with Gasteiger partial charge in [0.1, 0.15) is 11.5 Å². The number of fused-ring (bicyclic) bond motifs is 1. The number of nitrogens with one attached hydrogen (secondary N) is 2. The monoisotopic (exact) mass is 327 g/mol. The minimum Gasteiger partial charge on any atom is -0.454 e. The number of carbonyl (C=O) groups excluding carboxylic acids is 2. The molecule has 2 heterocycles. The third kappa shape index (κ3) is 3.81. The standard InChI is InChI=1S/C17H17N3O4/c1-11(21)19-16-4-2-3-13(20-16)17(22)18-8-7-12-5-6-14-15(9-12)24-10-23-14/h2-6,9H,7-8,10H2,1H3,(H,18,22)(H,19,20,21). The van der Waals surface area contributed by atoms with Crippen molar-refractivity contribution in [1.82, 2.24) is 10.3 Å². The summed E-state index contributed by atoms with van der Waals surface area (Å²) in [7, 11) is 0. The van der Waals surface area contributed by atoms with Crippen LogP contribution in [0.4, 0.5) is 5.82 Å². The number of aromatic nitrogens is 1. The van der Waals surface area contributed by atoms with Crippen LogP contribution in [0.2, 0.25) is 0 Å². The van der Waals surface area contributed by atoms with Gasteiger partial charge in [0.15, 0.2) is 11.5 Å². The van der Waals surface area contributed by atoms with Gasteiger partial charge in [-0.1, -0.05) is 12.1 Å². The second kappa shape index (κ2) is 6.99. The Morgan fingerprint density at radius 2 is 2.00 bits per heavy atom. The summed E-state index contributed by atoms with van der Waals surface area (Å²) >= 11 is 0. The van der Waals surface area contributed by atoms with Crippen LogP contribution in [0, 0.1) is 0 Å². The molecule has 0 fully saturated rings. The fourth-order valence-electron chi connectivity index (χ4n) is 2.32. The number of ether oxygens (including phenoxy) is 2. The zero-order valence-corrected chi connectivity index (χ0v) is 13.2. The topological polar surface area (TPSA) is 89.6 Å². The maximum Gasteiger partial charge on any atom is 0.269 e. The average molecular weight is 327 g/mol. The Labute approximate surface area is 139 Å². The molecule has 7 heteroatoms. The molecule has 0 aliphatic carbocycles. The van der Waals surface area contributed by atoms with Crippen LogP contribution >= 0.6 is 0 Å². The number of hydrogen-bond acceptors (Lipinski definition) is 5. The maximum atomic E-state index is 12.1. The van der Waals surface area contributed by atoms with Gasteiger partial charge in [-0.15, -0.1) is 0 Å². The zero-order chi connectivity index (χ0) is 16.9. The third-order valence-electron chi connectivity index (χ3n) is 3.42. The van der Waals surface area contributed by atoms with Gasteiger partial charge in [-0.25, -0.2) is 4.98 Å². The Morgan fingerprint density at radius 3 is 2.83 bits per heavy atom. The number of carbonyl (C=O) groups is 2. The minimum atomic E-state index is -0.289. The van der Waals surface area contributed by atoms with Crippen molar-refractivity contribution < 1.29 is 19.1 Å². The van der Waals surface area contributed by atoms with Gasteiger partial charge in [-0.3, -0.25) is 9.59 Å². The zero-order valence-electron chi connectivity index (χ0n) is 13.2. The van der Waals surface area contributed by atoms with Gasteiger partial charge in [0, 0.05) is 13.5 Å². The highest BCUT2D eigenvalue weighted by molar-refractivity contribution is 5.93. The fraction of sp³-hybridized carbons (Fsp3) is 0.235. The van der Waals surface area contributed by atoms with Crippen LogP contribution in [-0.2, 0) is 11.2 Å². The van der Waals surface area contributed by atoms with E-state index in [2.05, 4.69) is 15.6 Å². The summed E-state index contributed by atoms with van der Waals surface area (Å²) in [6.07, 6.45) is 0.660. The predicted molar refractivity (Wildman–Crippen MR) is 87.1 cm³/mol. The molecule has 2 aromatic rings. The minimum absolute atomic E-state index is 0.233. The summed E-state index contributed by atoms with van der Waals surface area (Å²) in [6.45, 7) is 2.09. The van der Waals surface area contributed by atoms with E-state index in [1.165, 1.54) is 6.92 Å². The molecule has 0 bridgehead atoms. The van der Waals surface area contributed by atoms with Crippen molar-refractivity contribution >= 4 is 17.6 Å². The Kier molecular flexibility index (Phi) is 4.60. The van der Waals surface area contributed by atoms with Crippen LogP contribution in [-0.4, -0.2) is 30.1 Å². The van der Waals surface area contributed by atoms with Crippen molar-refractivity contribution in [2.45, 2.75) is 13.3 Å². The largest absolute Gasteiger partial charge is 0.454 e. The Balaban J connectivity index is 1.55. The highest BCUT2D eigenvalue weighted by Crippen LogP contribution is 2.32. The summed E-state index contributed by atoms with van der Waals surface area (Å²) in [6, 6.07) is 10.6. The van der Waals surface area contributed by atoms with Crippen molar-refractivity contribution in [3.8, 4) is 11.5 Å². The first-order chi connectivity index (χ1) is 11.6. The molecule has 0 radical (unpaired) electrons. The number of amides is 2. The van der Waals surface area contributed by atoms with E-state index in [0.29, 0.717) is 18.8 Å². The molecule has 1 aromatic carbocycles. The molecule has 1 aromatic heterocycles. The molecule has 0 saturated heterocycles. The van der Waals surface area contributed by atoms with E-state index < -0.39 is 0 Å². The van der Waals surface area contributed by atoms with Gasteiger partial charge in [0.05, 0.1) is 0 Å². The first-order valence-electron chi connectivity index (χ1n) is 7.53. The number of nitrogens with zero attached hydrogens (tertiary/aromatic N) is 1. The van der Waals surface area contributed by atoms with Crippen molar-refractivity contribution in [2.75, 3.05) is 18.7 Å². The summed E-state index contributed by atoms with van der Waals surface area (Å²) < 4.78 is 10.6. The lowest BCUT2D eigenvalue weighted by molar-refractivity contribution is -0.114. The smallest absolute Gasteiger partial charge is 0.269 e. The number of anilines is 1. The number of rotatable bonds is 5. The molecule has 0 spiro atoms. The molecule has 0 unspecified atom stereocenters. The second-order valence-corrected chi connectivity index (χ2v) is 5.28. The van der Waals surface area contributed by atoms with Crippen molar-refractivity contribution in [3.05, 3.63) is 47.7 Å². The van der Waals surface area contributed by atoms with Crippen LogP contribution < -0.4 is 20.1 Å². The molecule has 124 valence electrons. The van der Waals surface area contributed by atoms with E-state index in [1.54, 1.807) is 18.2 Å². The lowest BCUT2D eigenvalue weighted by Gasteiger charge is -2.07. The number of benzene rings is 1. The van der Waals surface area contributed by atoms with Crippen LogP contribution in [0.5, 0.6) is 11.5 Å². The summed E-state index contributed by atoms with van der Waals surface area (Å²) in [5, 5.41) is 5.36. The van der Waals surface area contributed by atoms with Gasteiger partial charge in [-0.2, -0.15) is 0 Å². The third-order valence-corrected chi connectivity index (χ3v) is 3.42. The van der Waals surface area contributed by atoms with Crippen molar-refractivity contribution in [1.29, 1.82) is 0 Å². The predicted octanol–water partition coefficient (Wildman–Crippen LogP) is 1.74. The molecule has 7 nitrogen and oxygen atoms in total. The first-order valence-corrected chi connectivity index (χ1v) is 7.53. The van der Waals surface area contributed by atoms with E-state index in [4.69, 9.17) is 9.47 Å². The molecule has 2 N–H and O–H groups in total. The normalized spacial score (nSPS) is 11.9. The van der Waals surface area contributed by atoms with E-state index in [9.17, 15) is 9.59 Å². The Bertz CT molecular complexity index is 776. The highest BCUT2D eigenvalue weighted by atomic mass is 16.7. The van der Waals surface area contributed by atoms with Crippen LogP contribution in [0.25, 0.3) is 0 Å². The van der Waals surface area contributed by atoms with E-state index >= 15 is 0 Å². The maximum absolute atomic E-state index is 12.1. The second-order valence-electron chi connectivity index (χ2n) is 5.28. The summed E-state index contributed by atoms with van der Waals surface area (Å²) in [5.41, 5.74) is 1.30. The lowest BCUT2D eigenvalue weighted by atomic mass is 10.1. The fourth-order valence-corrected chi connectivity index (χ4v) is 2.32. The Morgan fingerprint density at radius 1 is 1.17 bits per heavy atom. The molecule has 1 aliphatic heterocycles. The lowest BCUT2D eigenvalue weighted by Crippen LogP contribution is -2.26. The molecular formula is C17H17N3O4. The molecular weight excluding hydrogens is 310 g/mol. The SMILES string of the molecule is CC(=O)Nc1cccc(C(=O)NCCc2ccc3c(c2)OCO3)n1. The van der Waals surface area contributed by atoms with E-state index in [1.807, 2.05) is 18.2 Å². The van der Waals surface area contributed by atoms with Gasteiger partial charge >= 0.3 is 0 Å². The Hall–Kier alpha value is -3.09. The van der Waals surface area contributed by atoms with Gasteiger partial charge < -0.3 is 20.1 Å². The number of pyridine rings is 1. The summed E-state index contributed by atoms with van der Waals surface area (Å²) in [5.74, 6) is 1.29. The van der Waals surface area contributed by atoms with Gasteiger partial charge in [0.25, 0.3) is 5.91 Å². The highest BCUT2D eigenvalue weighted by Gasteiger charge is 2.13. The quantitative estimate of drug-likeness (QED) is 0.873. The van der Waals surface area contributed by atoms with Crippen LogP contribution in [0.15, 0.2) is 36.4 Å². The van der Waals surface area contributed by atoms with Crippen LogP contribution in [0.3, 0.4) is 0 Å². The number of hydrogen-bond donors (Lipinski definition) is 2. The van der Waals surface area contributed by atoms with Crippen LogP contribution in [0.1, 0.15) is 23.0 Å². The average Bonchev–Trinajstić information content (AvgIpc) is 3.02. The molecule has 2 amide bonds. The first kappa shape index (κ1) is 15.8. The molecule has 1 aliphatic rings.